The van der Waals surface area contributed by atoms with E-state index in [0.29, 0.717) is 29.1 Å². The minimum atomic E-state index is -0.652. The van der Waals surface area contributed by atoms with E-state index in [9.17, 15) is 4.79 Å². The van der Waals surface area contributed by atoms with Gasteiger partial charge in [0, 0.05) is 44.3 Å². The van der Waals surface area contributed by atoms with Gasteiger partial charge < -0.3 is 15.2 Å². The molecule has 27 heavy (non-hydrogen) atoms. The molecule has 0 atom stereocenters. The number of halogens is 1. The van der Waals surface area contributed by atoms with Crippen molar-refractivity contribution in [3.63, 3.8) is 0 Å². The summed E-state index contributed by atoms with van der Waals surface area (Å²) in [6.45, 7) is 0.781. The minimum absolute atomic E-state index is 0.185. The normalized spacial score (nSPS) is 10.7. The van der Waals surface area contributed by atoms with E-state index >= 15 is 0 Å². The zero-order valence-corrected chi connectivity index (χ0v) is 16.4. The summed E-state index contributed by atoms with van der Waals surface area (Å²) in [5, 5.41) is 10.9. The lowest BCUT2D eigenvalue weighted by Gasteiger charge is -2.13. The van der Waals surface area contributed by atoms with Crippen molar-refractivity contribution >= 4 is 27.7 Å². The van der Waals surface area contributed by atoms with Gasteiger partial charge in [-0.15, -0.1) is 5.10 Å². The number of nitrogens with zero attached hydrogens (tertiary/aromatic N) is 4. The average Bonchev–Trinajstić information content (AvgIpc) is 3.18. The fourth-order valence-electron chi connectivity index (χ4n) is 2.48. The third-order valence-corrected chi connectivity index (χ3v) is 4.18. The van der Waals surface area contributed by atoms with E-state index in [2.05, 4.69) is 31.4 Å². The van der Waals surface area contributed by atoms with E-state index < -0.39 is 6.09 Å². The summed E-state index contributed by atoms with van der Waals surface area (Å²) < 4.78 is 14.8. The van der Waals surface area contributed by atoms with Crippen LogP contribution < -0.4 is 20.5 Å². The van der Waals surface area contributed by atoms with Crippen LogP contribution in [0.4, 0.5) is 10.5 Å². The third kappa shape index (κ3) is 4.47. The molecule has 0 aliphatic heterocycles. The van der Waals surface area contributed by atoms with Gasteiger partial charge in [0.25, 0.3) is 5.88 Å². The molecule has 9 nitrogen and oxygen atoms in total. The molecule has 0 saturated carbocycles. The molecule has 0 fully saturated rings. The van der Waals surface area contributed by atoms with Crippen LogP contribution in [-0.2, 0) is 14.1 Å². The Balaban J connectivity index is 1.82. The summed E-state index contributed by atoms with van der Waals surface area (Å²) in [7, 11) is 3.56. The highest BCUT2D eigenvalue weighted by atomic mass is 79.9. The van der Waals surface area contributed by atoms with Gasteiger partial charge >= 0.3 is 6.09 Å². The Morgan fingerprint density at radius 3 is 2.78 bits per heavy atom. The monoisotopic (exact) mass is 434 g/mol. The number of aromatic nitrogens is 4. The summed E-state index contributed by atoms with van der Waals surface area (Å²) in [5.41, 5.74) is 7.69. The molecule has 3 N–H and O–H groups in total. The van der Waals surface area contributed by atoms with Crippen molar-refractivity contribution in [3.05, 3.63) is 41.1 Å². The number of amides is 1. The van der Waals surface area contributed by atoms with Gasteiger partial charge in [0.05, 0.1) is 10.2 Å². The molecular weight excluding hydrogens is 416 g/mol. The largest absolute Gasteiger partial charge is 0.492 e. The molecule has 10 heteroatoms. The summed E-state index contributed by atoms with van der Waals surface area (Å²) in [4.78, 5) is 12.2. The Morgan fingerprint density at radius 2 is 2.15 bits per heavy atom. The molecule has 142 valence electrons. The van der Waals surface area contributed by atoms with E-state index in [-0.39, 0.29) is 5.88 Å². The number of ether oxygens (including phenoxy) is 2. The molecule has 0 bridgehead atoms. The molecular formula is C17H19BrN6O3. The van der Waals surface area contributed by atoms with Crippen molar-refractivity contribution < 1.29 is 14.3 Å². The van der Waals surface area contributed by atoms with Gasteiger partial charge in [-0.3, -0.25) is 14.7 Å². The van der Waals surface area contributed by atoms with E-state index in [1.807, 2.05) is 13.1 Å². The second-order valence-electron chi connectivity index (χ2n) is 5.66. The van der Waals surface area contributed by atoms with E-state index in [1.165, 1.54) is 4.68 Å². The molecule has 0 aliphatic rings. The number of carbonyl (C=O) groups is 1. The van der Waals surface area contributed by atoms with Crippen LogP contribution in [0.15, 0.2) is 41.1 Å². The number of benzene rings is 1. The first kappa shape index (κ1) is 18.9. The molecule has 3 aromatic rings. The highest BCUT2D eigenvalue weighted by molar-refractivity contribution is 9.10. The second-order valence-corrected chi connectivity index (χ2v) is 6.51. The number of aryl methyl sites for hydroxylation is 2. The molecule has 0 radical (unpaired) electrons. The number of nitrogens with one attached hydrogen (secondary N) is 1. The summed E-state index contributed by atoms with van der Waals surface area (Å²) in [5.74, 6) is 0.834. The molecule has 0 saturated heterocycles. The third-order valence-electron chi connectivity index (χ3n) is 3.64. The molecule has 3 rings (SSSR count). The summed E-state index contributed by atoms with van der Waals surface area (Å²) >= 11 is 3.29. The first-order valence-corrected chi connectivity index (χ1v) is 8.90. The van der Waals surface area contributed by atoms with E-state index in [4.69, 9.17) is 15.2 Å². The number of carbonyl (C=O) groups excluding carboxylic acids is 1. The fourth-order valence-corrected chi connectivity index (χ4v) is 2.94. The van der Waals surface area contributed by atoms with Gasteiger partial charge in [0.2, 0.25) is 0 Å². The van der Waals surface area contributed by atoms with Gasteiger partial charge in [0.15, 0.2) is 0 Å². The predicted molar refractivity (Wildman–Crippen MR) is 104 cm³/mol. The zero-order chi connectivity index (χ0) is 19.4. The maximum Gasteiger partial charge on any atom is 0.418 e. The maximum atomic E-state index is 12.2. The van der Waals surface area contributed by atoms with Crippen molar-refractivity contribution in [1.29, 1.82) is 0 Å². The molecule has 1 amide bonds. The van der Waals surface area contributed by atoms with Gasteiger partial charge in [-0.25, -0.2) is 4.79 Å². The molecule has 0 aliphatic carbocycles. The average molecular weight is 435 g/mol. The first-order chi connectivity index (χ1) is 13.0. The number of hydrogen-bond donors (Lipinski definition) is 2. The van der Waals surface area contributed by atoms with Crippen molar-refractivity contribution in [2.75, 3.05) is 18.5 Å². The SMILES string of the molecule is Cn1cc(Br)c(OC(=O)Nc2ccc(OCCN)c(-c3ccnn3C)c2)n1. The quantitative estimate of drug-likeness (QED) is 0.616. The molecule has 0 spiro atoms. The van der Waals surface area contributed by atoms with Crippen molar-refractivity contribution in [1.82, 2.24) is 19.6 Å². The predicted octanol–water partition coefficient (Wildman–Crippen LogP) is 2.53. The van der Waals surface area contributed by atoms with E-state index in [0.717, 1.165) is 11.3 Å². The van der Waals surface area contributed by atoms with Crippen molar-refractivity contribution in [2.24, 2.45) is 19.8 Å². The van der Waals surface area contributed by atoms with Crippen LogP contribution in [0, 0.1) is 0 Å². The summed E-state index contributed by atoms with van der Waals surface area (Å²) in [6.07, 6.45) is 2.72. The molecule has 2 aromatic heterocycles. The lowest BCUT2D eigenvalue weighted by atomic mass is 10.1. The number of anilines is 1. The minimum Gasteiger partial charge on any atom is -0.492 e. The standard InChI is InChI=1S/C17H19BrN6O3/c1-23-10-13(18)16(22-23)27-17(25)21-11-3-4-15(26-8-6-19)12(9-11)14-5-7-20-24(14)2/h3-5,7,9-10H,6,8,19H2,1-2H3,(H,21,25). The number of hydrogen-bond acceptors (Lipinski definition) is 6. The topological polar surface area (TPSA) is 109 Å². The smallest absolute Gasteiger partial charge is 0.418 e. The van der Waals surface area contributed by atoms with Gasteiger partial charge in [-0.05, 0) is 40.2 Å². The van der Waals surface area contributed by atoms with Crippen LogP contribution in [0.25, 0.3) is 11.3 Å². The number of rotatable bonds is 6. The van der Waals surface area contributed by atoms with Crippen LogP contribution in [-0.4, -0.2) is 38.8 Å². The molecule has 1 aromatic carbocycles. The maximum absolute atomic E-state index is 12.2. The number of nitrogens with two attached hydrogens (primary N) is 1. The van der Waals surface area contributed by atoms with Crippen molar-refractivity contribution in [3.8, 4) is 22.9 Å². The Labute approximate surface area is 164 Å². The van der Waals surface area contributed by atoms with Crippen LogP contribution in [0.3, 0.4) is 0 Å². The Bertz CT molecular complexity index is 952. The molecule has 0 unspecified atom stereocenters. The van der Waals surface area contributed by atoms with Gasteiger partial charge in [-0.2, -0.15) is 5.10 Å². The van der Waals surface area contributed by atoms with Crippen LogP contribution in [0.1, 0.15) is 0 Å². The van der Waals surface area contributed by atoms with Crippen LogP contribution in [0.5, 0.6) is 11.6 Å². The highest BCUT2D eigenvalue weighted by Crippen LogP contribution is 2.32. The lowest BCUT2D eigenvalue weighted by Crippen LogP contribution is -2.17. The van der Waals surface area contributed by atoms with Crippen molar-refractivity contribution in [2.45, 2.75) is 0 Å². The highest BCUT2D eigenvalue weighted by Gasteiger charge is 2.15. The Kier molecular flexibility index (Phi) is 5.77. The lowest BCUT2D eigenvalue weighted by molar-refractivity contribution is 0.212. The fraction of sp³-hybridized carbons (Fsp3) is 0.235. The molecule has 2 heterocycles. The Hall–Kier alpha value is -2.85. The van der Waals surface area contributed by atoms with Crippen LogP contribution in [0.2, 0.25) is 0 Å². The van der Waals surface area contributed by atoms with E-state index in [1.54, 1.807) is 42.3 Å². The van der Waals surface area contributed by atoms with Gasteiger partial charge in [0.1, 0.15) is 12.4 Å². The zero-order valence-electron chi connectivity index (χ0n) is 14.8. The first-order valence-electron chi connectivity index (χ1n) is 8.11. The van der Waals surface area contributed by atoms with Gasteiger partial charge in [-0.1, -0.05) is 0 Å². The second kappa shape index (κ2) is 8.23. The van der Waals surface area contributed by atoms with Crippen LogP contribution >= 0.6 is 15.9 Å². The Morgan fingerprint density at radius 1 is 1.33 bits per heavy atom. The summed E-state index contributed by atoms with van der Waals surface area (Å²) in [6, 6.07) is 7.14.